The lowest BCUT2D eigenvalue weighted by molar-refractivity contribution is 0.311. The average molecular weight is 263 g/mol. The predicted molar refractivity (Wildman–Crippen MR) is 75.3 cm³/mol. The molecule has 96 valence electrons. The maximum Gasteiger partial charge on any atom is 0.123 e. The van der Waals surface area contributed by atoms with Crippen LogP contribution in [-0.4, -0.2) is 0 Å². The first-order chi connectivity index (χ1) is 8.74. The van der Waals surface area contributed by atoms with Gasteiger partial charge in [0, 0.05) is 15.6 Å². The minimum Gasteiger partial charge on any atom is -0.323 e. The zero-order valence-electron chi connectivity index (χ0n) is 10.4. The van der Waals surface area contributed by atoms with Crippen LogP contribution in [-0.2, 0) is 0 Å². The van der Waals surface area contributed by atoms with Gasteiger partial charge in [-0.2, -0.15) is 0 Å². The molecular weight excluding hydrogens is 245 g/mol. The summed E-state index contributed by atoms with van der Waals surface area (Å²) in [5, 5.41) is 0.987. The molecule has 1 heterocycles. The van der Waals surface area contributed by atoms with E-state index < -0.39 is 0 Å². The quantitative estimate of drug-likeness (QED) is 0.840. The van der Waals surface area contributed by atoms with Crippen molar-refractivity contribution in [3.63, 3.8) is 0 Å². The number of halogens is 1. The molecule has 2 N–H and O–H groups in total. The topological polar surface area (TPSA) is 26.0 Å². The second-order valence-electron chi connectivity index (χ2n) is 5.25. The smallest absolute Gasteiger partial charge is 0.123 e. The van der Waals surface area contributed by atoms with Gasteiger partial charge in [0.25, 0.3) is 0 Å². The maximum atomic E-state index is 13.2. The summed E-state index contributed by atoms with van der Waals surface area (Å²) in [5.74, 6) is 0.440. The maximum absolute atomic E-state index is 13.2. The molecule has 2 aromatic rings. The minimum absolute atomic E-state index is 0.130. The van der Waals surface area contributed by atoms with Gasteiger partial charge in [-0.3, -0.25) is 0 Å². The molecule has 0 amide bonds. The first kappa shape index (κ1) is 12.1. The van der Waals surface area contributed by atoms with Gasteiger partial charge in [-0.05, 0) is 48.4 Å². The van der Waals surface area contributed by atoms with Gasteiger partial charge in [-0.25, -0.2) is 4.39 Å². The van der Waals surface area contributed by atoms with Crippen LogP contribution >= 0.6 is 11.3 Å². The van der Waals surface area contributed by atoms with Crippen molar-refractivity contribution in [2.45, 2.75) is 38.1 Å². The Balaban J connectivity index is 1.88. The van der Waals surface area contributed by atoms with Crippen molar-refractivity contribution >= 4 is 21.4 Å². The molecule has 1 saturated carbocycles. The fourth-order valence-corrected chi connectivity index (χ4v) is 4.06. The van der Waals surface area contributed by atoms with Gasteiger partial charge in [0.2, 0.25) is 0 Å². The Morgan fingerprint density at radius 2 is 1.94 bits per heavy atom. The Morgan fingerprint density at radius 3 is 2.72 bits per heavy atom. The molecular formula is C15H18FNS. The van der Waals surface area contributed by atoms with Crippen LogP contribution in [0, 0.1) is 11.7 Å². The molecule has 1 aliphatic carbocycles. The summed E-state index contributed by atoms with van der Waals surface area (Å²) in [6.07, 6.45) is 6.43. The Bertz CT molecular complexity index is 542. The fourth-order valence-electron chi connectivity index (χ4n) is 2.92. The highest BCUT2D eigenvalue weighted by Gasteiger charge is 2.23. The van der Waals surface area contributed by atoms with Crippen LogP contribution in [0.5, 0.6) is 0 Å². The normalized spacial score (nSPS) is 19.2. The van der Waals surface area contributed by atoms with Crippen LogP contribution in [0.4, 0.5) is 4.39 Å². The zero-order chi connectivity index (χ0) is 12.5. The summed E-state index contributed by atoms with van der Waals surface area (Å²) in [5.41, 5.74) is 6.39. The third-order valence-electron chi connectivity index (χ3n) is 3.98. The van der Waals surface area contributed by atoms with Gasteiger partial charge in [0.15, 0.2) is 0 Å². The van der Waals surface area contributed by atoms with E-state index in [2.05, 4.69) is 6.07 Å². The van der Waals surface area contributed by atoms with Gasteiger partial charge in [0.1, 0.15) is 5.82 Å². The number of rotatable bonds is 2. The number of hydrogen-bond donors (Lipinski definition) is 1. The Hall–Kier alpha value is -0.930. The van der Waals surface area contributed by atoms with Crippen molar-refractivity contribution in [3.8, 4) is 0 Å². The van der Waals surface area contributed by atoms with Crippen LogP contribution in [0.1, 0.15) is 43.0 Å². The van der Waals surface area contributed by atoms with Crippen LogP contribution in [0.15, 0.2) is 24.3 Å². The average Bonchev–Trinajstić information content (AvgIpc) is 2.81. The molecule has 1 atom stereocenters. The fraction of sp³-hybridized carbons (Fsp3) is 0.467. The Kier molecular flexibility index (Phi) is 3.35. The van der Waals surface area contributed by atoms with Gasteiger partial charge in [-0.15, -0.1) is 11.3 Å². The van der Waals surface area contributed by atoms with Crippen LogP contribution < -0.4 is 5.73 Å². The molecule has 18 heavy (non-hydrogen) atoms. The van der Waals surface area contributed by atoms with E-state index >= 15 is 0 Å². The lowest BCUT2D eigenvalue weighted by Gasteiger charge is -2.26. The molecule has 1 aliphatic rings. The minimum atomic E-state index is -0.168. The van der Waals surface area contributed by atoms with Crippen LogP contribution in [0.2, 0.25) is 0 Å². The molecule has 0 aliphatic heterocycles. The van der Waals surface area contributed by atoms with Gasteiger partial charge in [0.05, 0.1) is 0 Å². The molecule has 3 rings (SSSR count). The molecule has 0 radical (unpaired) electrons. The first-order valence-corrected chi connectivity index (χ1v) is 7.50. The van der Waals surface area contributed by atoms with E-state index in [4.69, 9.17) is 5.73 Å². The van der Waals surface area contributed by atoms with E-state index in [0.29, 0.717) is 5.92 Å². The van der Waals surface area contributed by atoms with Crippen LogP contribution in [0.25, 0.3) is 10.1 Å². The molecule has 1 nitrogen and oxygen atoms in total. The van der Waals surface area contributed by atoms with Crippen molar-refractivity contribution in [2.75, 3.05) is 0 Å². The highest BCUT2D eigenvalue weighted by molar-refractivity contribution is 7.19. The zero-order valence-corrected chi connectivity index (χ0v) is 11.2. The molecule has 3 heteroatoms. The van der Waals surface area contributed by atoms with E-state index in [0.717, 1.165) is 10.1 Å². The molecule has 1 unspecified atom stereocenters. The monoisotopic (exact) mass is 263 g/mol. The first-order valence-electron chi connectivity index (χ1n) is 6.68. The second-order valence-corrected chi connectivity index (χ2v) is 6.37. The highest BCUT2D eigenvalue weighted by Crippen LogP contribution is 2.37. The number of nitrogens with two attached hydrogens (primary N) is 1. The summed E-state index contributed by atoms with van der Waals surface area (Å²) in [6, 6.07) is 7.18. The summed E-state index contributed by atoms with van der Waals surface area (Å²) in [4.78, 5) is 1.21. The van der Waals surface area contributed by atoms with E-state index in [9.17, 15) is 4.39 Å². The predicted octanol–water partition coefficient (Wildman–Crippen LogP) is 4.62. The molecule has 1 fully saturated rings. The third-order valence-corrected chi connectivity index (χ3v) is 5.20. The number of fused-ring (bicyclic) bond motifs is 1. The lowest BCUT2D eigenvalue weighted by atomic mass is 9.84. The summed E-state index contributed by atoms with van der Waals surface area (Å²) < 4.78 is 14.3. The van der Waals surface area contributed by atoms with Crippen molar-refractivity contribution in [1.29, 1.82) is 0 Å². The van der Waals surface area contributed by atoms with Crippen molar-refractivity contribution in [2.24, 2.45) is 11.7 Å². The third kappa shape index (κ3) is 2.29. The standard InChI is InChI=1S/C15H18FNS/c16-12-6-7-13-11(8-12)9-14(18-13)15(17)10-4-2-1-3-5-10/h6-10,15H,1-5,17H2. The highest BCUT2D eigenvalue weighted by atomic mass is 32.1. The van der Waals surface area contributed by atoms with Gasteiger partial charge < -0.3 is 5.73 Å². The van der Waals surface area contributed by atoms with E-state index in [1.54, 1.807) is 17.4 Å². The SMILES string of the molecule is NC(c1cc2cc(F)ccc2s1)C1CCCCC1. The molecule has 0 spiro atoms. The van der Waals surface area contributed by atoms with Crippen molar-refractivity contribution in [3.05, 3.63) is 35.0 Å². The van der Waals surface area contributed by atoms with E-state index in [1.165, 1.54) is 43.0 Å². The second kappa shape index (κ2) is 4.98. The summed E-state index contributed by atoms with van der Waals surface area (Å²) in [7, 11) is 0. The molecule has 0 saturated heterocycles. The van der Waals surface area contributed by atoms with Crippen LogP contribution in [0.3, 0.4) is 0 Å². The van der Waals surface area contributed by atoms with Crippen molar-refractivity contribution in [1.82, 2.24) is 0 Å². The Morgan fingerprint density at radius 1 is 1.17 bits per heavy atom. The number of benzene rings is 1. The Labute approximate surface area is 111 Å². The number of hydrogen-bond acceptors (Lipinski definition) is 2. The molecule has 1 aromatic heterocycles. The number of thiophene rings is 1. The van der Waals surface area contributed by atoms with E-state index in [-0.39, 0.29) is 11.9 Å². The van der Waals surface area contributed by atoms with Crippen molar-refractivity contribution < 1.29 is 4.39 Å². The van der Waals surface area contributed by atoms with E-state index in [1.807, 2.05) is 6.07 Å². The molecule has 1 aromatic carbocycles. The van der Waals surface area contributed by atoms with Gasteiger partial charge in [-0.1, -0.05) is 19.3 Å². The summed E-state index contributed by atoms with van der Waals surface area (Å²) >= 11 is 1.72. The summed E-state index contributed by atoms with van der Waals surface area (Å²) in [6.45, 7) is 0. The largest absolute Gasteiger partial charge is 0.323 e. The van der Waals surface area contributed by atoms with Gasteiger partial charge >= 0.3 is 0 Å². The lowest BCUT2D eigenvalue weighted by Crippen LogP contribution is -2.22. The molecule has 0 bridgehead atoms.